The zero-order valence-corrected chi connectivity index (χ0v) is 15.6. The zero-order chi connectivity index (χ0) is 19.4. The molecule has 0 bridgehead atoms. The molecular formula is C18H18N4O4S. The number of hydrogen-bond donors (Lipinski definition) is 1. The molecule has 9 heteroatoms. The molecule has 2 aromatic carbocycles. The van der Waals surface area contributed by atoms with Crippen LogP contribution >= 0.6 is 0 Å². The van der Waals surface area contributed by atoms with Gasteiger partial charge in [-0.1, -0.05) is 30.3 Å². The zero-order valence-electron chi connectivity index (χ0n) is 14.8. The Kier molecular flexibility index (Phi) is 5.22. The summed E-state index contributed by atoms with van der Waals surface area (Å²) in [5.41, 5.74) is 1.70. The Labute approximate surface area is 156 Å². The predicted octanol–water partition coefficient (Wildman–Crippen LogP) is 2.21. The molecular weight excluding hydrogens is 368 g/mol. The van der Waals surface area contributed by atoms with Gasteiger partial charge in [0.15, 0.2) is 5.82 Å². The van der Waals surface area contributed by atoms with Crippen molar-refractivity contribution in [2.75, 3.05) is 11.8 Å². The monoisotopic (exact) mass is 386 g/mol. The molecule has 0 fully saturated rings. The number of benzene rings is 2. The molecule has 0 spiro atoms. The van der Waals surface area contributed by atoms with E-state index in [1.54, 1.807) is 54.3 Å². The Morgan fingerprint density at radius 2 is 1.96 bits per heavy atom. The van der Waals surface area contributed by atoms with Crippen molar-refractivity contribution in [2.45, 2.75) is 5.75 Å². The van der Waals surface area contributed by atoms with Crippen LogP contribution in [0.4, 0.5) is 5.69 Å². The lowest BCUT2D eigenvalue weighted by atomic mass is 10.1. The number of aryl methyl sites for hydroxylation is 1. The second-order valence-corrected chi connectivity index (χ2v) is 7.58. The number of nitrogens with zero attached hydrogens (tertiary/aromatic N) is 3. The molecule has 1 aromatic heterocycles. The molecule has 1 N–H and O–H groups in total. The van der Waals surface area contributed by atoms with E-state index in [2.05, 4.69) is 14.9 Å². The van der Waals surface area contributed by atoms with Crippen LogP contribution in [-0.4, -0.2) is 36.3 Å². The number of nitrogens with one attached hydrogen (secondary N) is 1. The molecule has 0 amide bonds. The highest BCUT2D eigenvalue weighted by Gasteiger charge is 2.18. The molecule has 3 aromatic rings. The number of methoxy groups -OCH3 is 1. The number of rotatable bonds is 6. The number of anilines is 1. The summed E-state index contributed by atoms with van der Waals surface area (Å²) >= 11 is 0. The van der Waals surface area contributed by atoms with Gasteiger partial charge in [0.2, 0.25) is 10.0 Å². The maximum absolute atomic E-state index is 12.6. The van der Waals surface area contributed by atoms with Crippen LogP contribution in [0.1, 0.15) is 15.9 Å². The quantitative estimate of drug-likeness (QED) is 0.652. The molecule has 8 nitrogen and oxygen atoms in total. The van der Waals surface area contributed by atoms with E-state index in [1.165, 1.54) is 13.2 Å². The Morgan fingerprint density at radius 1 is 1.19 bits per heavy atom. The van der Waals surface area contributed by atoms with Crippen molar-refractivity contribution in [1.82, 2.24) is 14.8 Å². The van der Waals surface area contributed by atoms with Gasteiger partial charge in [-0.15, -0.1) is 10.2 Å². The van der Waals surface area contributed by atoms with Crippen LogP contribution in [0.3, 0.4) is 0 Å². The van der Waals surface area contributed by atoms with E-state index in [9.17, 15) is 13.2 Å². The van der Waals surface area contributed by atoms with Gasteiger partial charge in [0.1, 0.15) is 6.33 Å². The lowest BCUT2D eigenvalue weighted by Crippen LogP contribution is -2.17. The summed E-state index contributed by atoms with van der Waals surface area (Å²) in [6, 6.07) is 13.3. The summed E-state index contributed by atoms with van der Waals surface area (Å²) in [7, 11) is -0.693. The molecule has 0 saturated carbocycles. The smallest absolute Gasteiger partial charge is 0.338 e. The minimum Gasteiger partial charge on any atom is -0.465 e. The lowest BCUT2D eigenvalue weighted by Gasteiger charge is -2.11. The summed E-state index contributed by atoms with van der Waals surface area (Å²) in [4.78, 5) is 11.8. The molecule has 0 aliphatic carbocycles. The highest BCUT2D eigenvalue weighted by atomic mass is 32.2. The number of carbonyl (C=O) groups excluding carboxylic acids is 1. The Bertz CT molecular complexity index is 1080. The van der Waals surface area contributed by atoms with Crippen LogP contribution in [0.25, 0.3) is 11.4 Å². The van der Waals surface area contributed by atoms with Gasteiger partial charge in [0.05, 0.1) is 18.4 Å². The van der Waals surface area contributed by atoms with E-state index in [1.807, 2.05) is 6.07 Å². The van der Waals surface area contributed by atoms with Gasteiger partial charge >= 0.3 is 5.97 Å². The van der Waals surface area contributed by atoms with Crippen molar-refractivity contribution < 1.29 is 17.9 Å². The number of hydrogen-bond acceptors (Lipinski definition) is 6. The van der Waals surface area contributed by atoms with Crippen LogP contribution in [0.15, 0.2) is 54.9 Å². The van der Waals surface area contributed by atoms with Gasteiger partial charge in [-0.25, -0.2) is 13.2 Å². The number of ether oxygens (including phenoxy) is 1. The minimum absolute atomic E-state index is 0.221. The fraction of sp³-hybridized carbons (Fsp3) is 0.167. The summed E-state index contributed by atoms with van der Waals surface area (Å²) in [5, 5.41) is 7.84. The highest BCUT2D eigenvalue weighted by Crippen LogP contribution is 2.22. The van der Waals surface area contributed by atoms with Gasteiger partial charge < -0.3 is 9.30 Å². The van der Waals surface area contributed by atoms with E-state index in [0.717, 1.165) is 5.56 Å². The average Bonchev–Trinajstić information content (AvgIpc) is 3.07. The number of sulfonamides is 1. The fourth-order valence-electron chi connectivity index (χ4n) is 2.64. The molecule has 0 saturated heterocycles. The molecule has 140 valence electrons. The van der Waals surface area contributed by atoms with Crippen LogP contribution in [-0.2, 0) is 27.6 Å². The van der Waals surface area contributed by atoms with Gasteiger partial charge in [0, 0.05) is 18.3 Å². The first-order chi connectivity index (χ1) is 12.9. The Morgan fingerprint density at radius 3 is 2.67 bits per heavy atom. The first-order valence-electron chi connectivity index (χ1n) is 8.01. The van der Waals surface area contributed by atoms with E-state index in [0.29, 0.717) is 17.1 Å². The van der Waals surface area contributed by atoms with Crippen LogP contribution < -0.4 is 4.72 Å². The molecule has 0 aliphatic rings. The Hall–Kier alpha value is -3.20. The summed E-state index contributed by atoms with van der Waals surface area (Å²) in [6.45, 7) is 0. The van der Waals surface area contributed by atoms with Gasteiger partial charge in [-0.05, 0) is 23.8 Å². The first-order valence-corrected chi connectivity index (χ1v) is 9.66. The molecule has 0 aliphatic heterocycles. The molecule has 1 heterocycles. The molecule has 3 rings (SSSR count). The summed E-state index contributed by atoms with van der Waals surface area (Å²) in [6.07, 6.45) is 1.57. The minimum atomic E-state index is -3.75. The van der Waals surface area contributed by atoms with Gasteiger partial charge in [-0.3, -0.25) is 4.72 Å². The van der Waals surface area contributed by atoms with Crippen LogP contribution in [0.2, 0.25) is 0 Å². The van der Waals surface area contributed by atoms with E-state index in [-0.39, 0.29) is 11.3 Å². The number of aromatic nitrogens is 3. The third-order valence-electron chi connectivity index (χ3n) is 3.87. The van der Waals surface area contributed by atoms with Crippen molar-refractivity contribution in [3.05, 3.63) is 66.0 Å². The number of carbonyl (C=O) groups is 1. The second-order valence-electron chi connectivity index (χ2n) is 5.86. The van der Waals surface area contributed by atoms with Crippen molar-refractivity contribution >= 4 is 21.7 Å². The SMILES string of the molecule is COC(=O)c1ccccc1CS(=O)(=O)Nc1cccc(-c2nncn2C)c1. The lowest BCUT2D eigenvalue weighted by molar-refractivity contribution is 0.0600. The van der Waals surface area contributed by atoms with Gasteiger partial charge in [-0.2, -0.15) is 0 Å². The molecule has 0 radical (unpaired) electrons. The standard InChI is InChI=1S/C18H18N4O4S/c1-22-12-19-20-17(22)13-7-5-8-15(10-13)21-27(24,25)11-14-6-3-4-9-16(14)18(23)26-2/h3-10,12,21H,11H2,1-2H3. The maximum Gasteiger partial charge on any atom is 0.338 e. The van der Waals surface area contributed by atoms with Crippen molar-refractivity contribution in [3.63, 3.8) is 0 Å². The van der Waals surface area contributed by atoms with Crippen LogP contribution in [0.5, 0.6) is 0 Å². The third kappa shape index (κ3) is 4.32. The maximum atomic E-state index is 12.6. The van der Waals surface area contributed by atoms with Crippen molar-refractivity contribution in [3.8, 4) is 11.4 Å². The number of esters is 1. The molecule has 0 atom stereocenters. The van der Waals surface area contributed by atoms with Gasteiger partial charge in [0.25, 0.3) is 0 Å². The first kappa shape index (κ1) is 18.6. The second kappa shape index (κ2) is 7.58. The summed E-state index contributed by atoms with van der Waals surface area (Å²) in [5.74, 6) is -0.316. The molecule has 27 heavy (non-hydrogen) atoms. The van der Waals surface area contributed by atoms with E-state index < -0.39 is 16.0 Å². The largest absolute Gasteiger partial charge is 0.465 e. The highest BCUT2D eigenvalue weighted by molar-refractivity contribution is 7.91. The topological polar surface area (TPSA) is 103 Å². The fourth-order valence-corrected chi connectivity index (χ4v) is 3.86. The third-order valence-corrected chi connectivity index (χ3v) is 5.11. The predicted molar refractivity (Wildman–Crippen MR) is 100 cm³/mol. The van der Waals surface area contributed by atoms with Crippen molar-refractivity contribution in [2.24, 2.45) is 7.05 Å². The summed E-state index contributed by atoms with van der Waals surface area (Å²) < 4.78 is 34.2. The molecule has 0 unspecified atom stereocenters. The van der Waals surface area contributed by atoms with E-state index >= 15 is 0 Å². The average molecular weight is 386 g/mol. The normalized spacial score (nSPS) is 11.2. The van der Waals surface area contributed by atoms with Crippen molar-refractivity contribution in [1.29, 1.82) is 0 Å². The Balaban J connectivity index is 1.84. The van der Waals surface area contributed by atoms with Crippen LogP contribution in [0, 0.1) is 0 Å². The van der Waals surface area contributed by atoms with E-state index in [4.69, 9.17) is 4.74 Å².